The molecule has 2 heterocycles. The van der Waals surface area contributed by atoms with Crippen molar-refractivity contribution in [2.45, 2.75) is 39.8 Å². The van der Waals surface area contributed by atoms with Crippen molar-refractivity contribution in [1.29, 1.82) is 0 Å². The molecule has 0 aliphatic carbocycles. The van der Waals surface area contributed by atoms with Crippen LogP contribution in [-0.2, 0) is 13.1 Å². The second kappa shape index (κ2) is 10.4. The highest BCUT2D eigenvalue weighted by atomic mass is 16.7. The lowest BCUT2D eigenvalue weighted by Gasteiger charge is -2.13. The van der Waals surface area contributed by atoms with Gasteiger partial charge in [0, 0.05) is 6.54 Å². The molecule has 1 N–H and O–H groups in total. The predicted molar refractivity (Wildman–Crippen MR) is 142 cm³/mol. The lowest BCUT2D eigenvalue weighted by Crippen LogP contribution is -2.46. The zero-order chi connectivity index (χ0) is 26.8. The fourth-order valence-electron chi connectivity index (χ4n) is 4.16. The van der Waals surface area contributed by atoms with Crippen molar-refractivity contribution < 1.29 is 14.3 Å². The van der Waals surface area contributed by atoms with Crippen molar-refractivity contribution in [3.63, 3.8) is 0 Å². The Kier molecular flexibility index (Phi) is 6.83. The van der Waals surface area contributed by atoms with Gasteiger partial charge in [0.1, 0.15) is 0 Å². The topological polar surface area (TPSA) is 104 Å². The van der Waals surface area contributed by atoms with E-state index in [0.717, 1.165) is 31.5 Å². The largest absolute Gasteiger partial charge is 0.454 e. The van der Waals surface area contributed by atoms with E-state index in [1.165, 1.54) is 0 Å². The van der Waals surface area contributed by atoms with Gasteiger partial charge in [-0.1, -0.05) is 61.9 Å². The molecule has 0 saturated carbocycles. The minimum Gasteiger partial charge on any atom is -0.454 e. The smallest absolute Gasteiger partial charge is 0.352 e. The van der Waals surface area contributed by atoms with Gasteiger partial charge < -0.3 is 14.8 Å². The number of hydrogen-bond donors (Lipinski definition) is 1. The zero-order valence-electron chi connectivity index (χ0n) is 21.4. The number of carbonyl (C=O) groups excluding carboxylic acids is 1. The van der Waals surface area contributed by atoms with E-state index in [1.54, 1.807) is 30.3 Å². The highest BCUT2D eigenvalue weighted by Crippen LogP contribution is 2.32. The number of aromatic nitrogens is 3. The fourth-order valence-corrected chi connectivity index (χ4v) is 4.16. The highest BCUT2D eigenvalue weighted by molar-refractivity contribution is 5.91. The molecule has 9 nitrogen and oxygen atoms in total. The minimum absolute atomic E-state index is 0.00693. The lowest BCUT2D eigenvalue weighted by atomic mass is 10.0. The monoisotopic (exact) mass is 512 g/mol. The van der Waals surface area contributed by atoms with Crippen LogP contribution in [0, 0.1) is 6.92 Å². The van der Waals surface area contributed by atoms with E-state index in [-0.39, 0.29) is 25.6 Å². The van der Waals surface area contributed by atoms with Crippen LogP contribution in [0.3, 0.4) is 0 Å². The van der Waals surface area contributed by atoms with E-state index < -0.39 is 17.2 Å². The fraction of sp³-hybridized carbons (Fsp3) is 0.241. The van der Waals surface area contributed by atoms with Crippen molar-refractivity contribution in [3.8, 4) is 17.2 Å². The van der Waals surface area contributed by atoms with Crippen molar-refractivity contribution in [2.24, 2.45) is 0 Å². The van der Waals surface area contributed by atoms with Crippen LogP contribution in [0.4, 0.5) is 0 Å². The average Bonchev–Trinajstić information content (AvgIpc) is 3.39. The zero-order valence-corrected chi connectivity index (χ0v) is 21.4. The van der Waals surface area contributed by atoms with Crippen LogP contribution >= 0.6 is 0 Å². The van der Waals surface area contributed by atoms with E-state index in [2.05, 4.69) is 24.3 Å². The van der Waals surface area contributed by atoms with Gasteiger partial charge in [0.25, 0.3) is 11.5 Å². The Morgan fingerprint density at radius 2 is 1.63 bits per heavy atom. The van der Waals surface area contributed by atoms with Crippen LogP contribution in [0.15, 0.2) is 76.3 Å². The van der Waals surface area contributed by atoms with Crippen LogP contribution < -0.4 is 26.0 Å². The van der Waals surface area contributed by atoms with Gasteiger partial charge in [0.15, 0.2) is 11.5 Å². The molecule has 1 aliphatic heterocycles. The maximum absolute atomic E-state index is 13.4. The molecule has 0 unspecified atom stereocenters. The number of ether oxygens (including phenoxy) is 2. The maximum Gasteiger partial charge on any atom is 0.352 e. The number of benzene rings is 3. The van der Waals surface area contributed by atoms with Crippen LogP contribution in [0.25, 0.3) is 5.69 Å². The number of nitrogens with zero attached hydrogens (tertiary/aromatic N) is 3. The molecule has 1 aromatic heterocycles. The average molecular weight is 513 g/mol. The quantitative estimate of drug-likeness (QED) is 0.406. The van der Waals surface area contributed by atoms with Gasteiger partial charge in [0.05, 0.1) is 12.2 Å². The second-order valence-corrected chi connectivity index (χ2v) is 9.54. The Hall–Kier alpha value is -4.66. The first-order chi connectivity index (χ1) is 18.3. The molecule has 0 bridgehead atoms. The van der Waals surface area contributed by atoms with E-state index in [1.807, 2.05) is 43.3 Å². The number of rotatable bonds is 7. The number of nitrogens with one attached hydrogen (secondary N) is 1. The third-order valence-corrected chi connectivity index (χ3v) is 6.43. The van der Waals surface area contributed by atoms with Crippen molar-refractivity contribution >= 4 is 5.91 Å². The van der Waals surface area contributed by atoms with Crippen molar-refractivity contribution in [1.82, 2.24) is 19.7 Å². The minimum atomic E-state index is -0.756. The van der Waals surface area contributed by atoms with Crippen LogP contribution in [-0.4, -0.2) is 27.0 Å². The number of fused-ring (bicyclic) bond motifs is 1. The first-order valence-electron chi connectivity index (χ1n) is 12.4. The lowest BCUT2D eigenvalue weighted by molar-refractivity contribution is 0.0941. The summed E-state index contributed by atoms with van der Waals surface area (Å²) in [6.07, 6.45) is 0. The Morgan fingerprint density at radius 3 is 2.34 bits per heavy atom. The van der Waals surface area contributed by atoms with E-state index >= 15 is 0 Å². The van der Waals surface area contributed by atoms with Crippen LogP contribution in [0.2, 0.25) is 0 Å². The Bertz CT molecular complexity index is 1600. The summed E-state index contributed by atoms with van der Waals surface area (Å²) >= 11 is 0. The van der Waals surface area contributed by atoms with Gasteiger partial charge in [-0.3, -0.25) is 14.2 Å². The van der Waals surface area contributed by atoms with Gasteiger partial charge in [-0.25, -0.2) is 4.79 Å². The second-order valence-electron chi connectivity index (χ2n) is 9.54. The molecule has 194 valence electrons. The third kappa shape index (κ3) is 5.08. The van der Waals surface area contributed by atoms with Crippen LogP contribution in [0.1, 0.15) is 52.5 Å². The molecule has 1 amide bonds. The molecular weight excluding hydrogens is 484 g/mol. The summed E-state index contributed by atoms with van der Waals surface area (Å²) in [7, 11) is 0. The SMILES string of the molecule is Cc1ccc(Cn2c(=O)c(C(=O)NCc3ccc4c(c3)OCO4)nn(-c3ccc(C(C)C)cc3)c2=O)cc1. The molecule has 38 heavy (non-hydrogen) atoms. The first-order valence-corrected chi connectivity index (χ1v) is 12.4. The number of hydrogen-bond acceptors (Lipinski definition) is 6. The van der Waals surface area contributed by atoms with Gasteiger partial charge in [-0.2, -0.15) is 9.78 Å². The molecule has 0 saturated heterocycles. The summed E-state index contributed by atoms with van der Waals surface area (Å²) in [6.45, 7) is 6.39. The summed E-state index contributed by atoms with van der Waals surface area (Å²) in [5.74, 6) is 0.852. The first kappa shape index (κ1) is 25.0. The van der Waals surface area contributed by atoms with Gasteiger partial charge in [0.2, 0.25) is 12.5 Å². The number of carbonyl (C=O) groups is 1. The number of aryl methyl sites for hydroxylation is 1. The Labute approximate surface area is 219 Å². The molecule has 1 aliphatic rings. The molecule has 0 atom stereocenters. The predicted octanol–water partition coefficient (Wildman–Crippen LogP) is 3.53. The Balaban J connectivity index is 1.51. The molecule has 0 radical (unpaired) electrons. The molecule has 0 spiro atoms. The third-order valence-electron chi connectivity index (χ3n) is 6.43. The summed E-state index contributed by atoms with van der Waals surface area (Å²) in [6, 6.07) is 20.2. The van der Waals surface area contributed by atoms with Gasteiger partial charge in [-0.05, 0) is 53.8 Å². The van der Waals surface area contributed by atoms with E-state index in [4.69, 9.17) is 9.47 Å². The molecule has 9 heteroatoms. The maximum atomic E-state index is 13.4. The van der Waals surface area contributed by atoms with Gasteiger partial charge >= 0.3 is 5.69 Å². The van der Waals surface area contributed by atoms with Crippen molar-refractivity contribution in [3.05, 3.63) is 116 Å². The number of amides is 1. The van der Waals surface area contributed by atoms with Gasteiger partial charge in [-0.15, -0.1) is 0 Å². The van der Waals surface area contributed by atoms with Crippen LogP contribution in [0.5, 0.6) is 11.5 Å². The van der Waals surface area contributed by atoms with E-state index in [0.29, 0.717) is 23.1 Å². The summed E-state index contributed by atoms with van der Waals surface area (Å²) in [4.78, 5) is 40.0. The summed E-state index contributed by atoms with van der Waals surface area (Å²) < 4.78 is 12.9. The summed E-state index contributed by atoms with van der Waals surface area (Å²) in [5, 5.41) is 6.96. The molecule has 0 fully saturated rings. The molecule has 5 rings (SSSR count). The summed E-state index contributed by atoms with van der Waals surface area (Å²) in [5.41, 5.74) is 2.38. The van der Waals surface area contributed by atoms with E-state index in [9.17, 15) is 14.4 Å². The normalized spacial score (nSPS) is 12.1. The highest BCUT2D eigenvalue weighted by Gasteiger charge is 2.21. The standard InChI is InChI=1S/C29H28N4O5/c1-18(2)22-9-11-23(12-10-22)33-29(36)32(16-20-6-4-19(3)5-7-20)28(35)26(31-33)27(34)30-15-21-8-13-24-25(14-21)38-17-37-24/h4-14,18H,15-17H2,1-3H3,(H,30,34). The molecular formula is C29H28N4O5. The molecule has 3 aromatic carbocycles. The Morgan fingerprint density at radius 1 is 0.947 bits per heavy atom. The van der Waals surface area contributed by atoms with Crippen molar-refractivity contribution in [2.75, 3.05) is 6.79 Å². The molecule has 4 aromatic rings.